The summed E-state index contributed by atoms with van der Waals surface area (Å²) in [6.07, 6.45) is 0.658. The molecule has 0 saturated carbocycles. The van der Waals surface area contributed by atoms with Gasteiger partial charge in [0, 0.05) is 31.9 Å². The lowest BCUT2D eigenvalue weighted by Crippen LogP contribution is -2.33. The number of halogens is 1. The Labute approximate surface area is 106 Å². The summed E-state index contributed by atoms with van der Waals surface area (Å²) in [5.41, 5.74) is 0.777. The zero-order chi connectivity index (χ0) is 13.4. The minimum atomic E-state index is -0.412. The van der Waals surface area contributed by atoms with E-state index in [2.05, 4.69) is 5.32 Å². The number of aliphatic hydroxyl groups excluding tert-OH is 1. The Kier molecular flexibility index (Phi) is 6.29. The molecule has 0 bridgehead atoms. The summed E-state index contributed by atoms with van der Waals surface area (Å²) < 4.78 is 18.5. The first-order chi connectivity index (χ1) is 8.71. The molecular formula is C13H17FN2O2. The van der Waals surface area contributed by atoms with Gasteiger partial charge in [0.25, 0.3) is 0 Å². The Morgan fingerprint density at radius 1 is 1.56 bits per heavy atom. The van der Waals surface area contributed by atoms with E-state index >= 15 is 0 Å². The Bertz CT molecular complexity index is 418. The number of ether oxygens (including phenoxy) is 1. The molecule has 1 rings (SSSR count). The van der Waals surface area contributed by atoms with Crippen LogP contribution in [0.25, 0.3) is 0 Å². The van der Waals surface area contributed by atoms with Crippen LogP contribution in [0.5, 0.6) is 0 Å². The molecule has 0 saturated heterocycles. The van der Waals surface area contributed by atoms with E-state index in [0.717, 1.165) is 0 Å². The van der Waals surface area contributed by atoms with Crippen LogP contribution in [0.15, 0.2) is 18.2 Å². The van der Waals surface area contributed by atoms with Gasteiger partial charge in [-0.3, -0.25) is 0 Å². The Morgan fingerprint density at radius 3 is 2.89 bits per heavy atom. The molecule has 98 valence electrons. The summed E-state index contributed by atoms with van der Waals surface area (Å²) in [5.74, 6) is -0.412. The number of aliphatic hydroxyl groups is 1. The van der Waals surface area contributed by atoms with Crippen molar-refractivity contribution in [3.8, 4) is 6.07 Å². The lowest BCUT2D eigenvalue weighted by Gasteiger charge is -2.16. The van der Waals surface area contributed by atoms with Crippen LogP contribution in [-0.2, 0) is 11.3 Å². The van der Waals surface area contributed by atoms with Crippen molar-refractivity contribution < 1.29 is 14.2 Å². The van der Waals surface area contributed by atoms with Crippen LogP contribution in [0.2, 0.25) is 0 Å². The van der Waals surface area contributed by atoms with Gasteiger partial charge in [0.1, 0.15) is 5.82 Å². The summed E-state index contributed by atoms with van der Waals surface area (Å²) in [4.78, 5) is 0. The second-order valence-electron chi connectivity index (χ2n) is 3.96. The molecule has 0 spiro atoms. The molecule has 1 atom stereocenters. The fraction of sp³-hybridized carbons (Fsp3) is 0.462. The fourth-order valence-electron chi connectivity index (χ4n) is 1.53. The van der Waals surface area contributed by atoms with Gasteiger partial charge in [-0.1, -0.05) is 6.07 Å². The van der Waals surface area contributed by atoms with E-state index in [0.29, 0.717) is 30.7 Å². The lowest BCUT2D eigenvalue weighted by atomic mass is 10.1. The van der Waals surface area contributed by atoms with Crippen LogP contribution >= 0.6 is 0 Å². The van der Waals surface area contributed by atoms with Gasteiger partial charge >= 0.3 is 0 Å². The molecule has 0 aliphatic rings. The van der Waals surface area contributed by atoms with E-state index in [1.165, 1.54) is 6.07 Å². The number of hydrogen-bond acceptors (Lipinski definition) is 4. The Morgan fingerprint density at radius 2 is 2.33 bits per heavy atom. The van der Waals surface area contributed by atoms with E-state index in [9.17, 15) is 4.39 Å². The van der Waals surface area contributed by atoms with Crippen LogP contribution in [-0.4, -0.2) is 31.5 Å². The van der Waals surface area contributed by atoms with Gasteiger partial charge in [0.05, 0.1) is 18.2 Å². The van der Waals surface area contributed by atoms with Crippen molar-refractivity contribution in [2.75, 3.05) is 20.3 Å². The monoisotopic (exact) mass is 252 g/mol. The zero-order valence-electron chi connectivity index (χ0n) is 10.3. The van der Waals surface area contributed by atoms with E-state index in [-0.39, 0.29) is 12.6 Å². The zero-order valence-corrected chi connectivity index (χ0v) is 10.3. The summed E-state index contributed by atoms with van der Waals surface area (Å²) >= 11 is 0. The van der Waals surface area contributed by atoms with Gasteiger partial charge in [-0.25, -0.2) is 4.39 Å². The molecule has 0 amide bonds. The third-order valence-corrected chi connectivity index (χ3v) is 2.65. The molecule has 1 aromatic rings. The third-order valence-electron chi connectivity index (χ3n) is 2.65. The topological polar surface area (TPSA) is 65.3 Å². The number of nitrogens with zero attached hydrogens (tertiary/aromatic N) is 1. The van der Waals surface area contributed by atoms with E-state index in [4.69, 9.17) is 15.1 Å². The average Bonchev–Trinajstić information content (AvgIpc) is 2.40. The van der Waals surface area contributed by atoms with Crippen LogP contribution in [0.1, 0.15) is 17.5 Å². The fourth-order valence-corrected chi connectivity index (χ4v) is 1.53. The van der Waals surface area contributed by atoms with Crippen LogP contribution in [0.4, 0.5) is 4.39 Å². The van der Waals surface area contributed by atoms with Gasteiger partial charge in [-0.05, 0) is 18.6 Å². The molecule has 4 nitrogen and oxygen atoms in total. The standard InChI is InChI=1S/C13H17FN2O2/c1-18-5-4-12(9-17)16-8-11-3-2-10(7-15)6-13(11)14/h2-3,6,12,16-17H,4-5,8-9H2,1H3. The van der Waals surface area contributed by atoms with Crippen LogP contribution < -0.4 is 5.32 Å². The highest BCUT2D eigenvalue weighted by Crippen LogP contribution is 2.10. The first kappa shape index (κ1) is 14.6. The van der Waals surface area contributed by atoms with Crippen molar-refractivity contribution >= 4 is 0 Å². The predicted molar refractivity (Wildman–Crippen MR) is 65.3 cm³/mol. The van der Waals surface area contributed by atoms with Gasteiger partial charge in [-0.2, -0.15) is 5.26 Å². The number of hydrogen-bond donors (Lipinski definition) is 2. The van der Waals surface area contributed by atoms with Crippen molar-refractivity contribution in [1.29, 1.82) is 5.26 Å². The highest BCUT2D eigenvalue weighted by atomic mass is 19.1. The number of nitriles is 1. The van der Waals surface area contributed by atoms with Crippen molar-refractivity contribution in [3.05, 3.63) is 35.1 Å². The molecular weight excluding hydrogens is 235 g/mol. The average molecular weight is 252 g/mol. The summed E-state index contributed by atoms with van der Waals surface area (Å²) in [5, 5.41) is 20.8. The highest BCUT2D eigenvalue weighted by molar-refractivity contribution is 5.32. The number of nitrogens with one attached hydrogen (secondary N) is 1. The molecule has 1 unspecified atom stereocenters. The summed E-state index contributed by atoms with van der Waals surface area (Å²) in [7, 11) is 1.59. The minimum absolute atomic E-state index is 0.0265. The van der Waals surface area contributed by atoms with Crippen molar-refractivity contribution in [3.63, 3.8) is 0 Å². The van der Waals surface area contributed by atoms with Gasteiger partial charge in [-0.15, -0.1) is 0 Å². The molecule has 0 aliphatic heterocycles. The van der Waals surface area contributed by atoms with Gasteiger partial charge in [0.15, 0.2) is 0 Å². The molecule has 0 heterocycles. The largest absolute Gasteiger partial charge is 0.395 e. The first-order valence-electron chi connectivity index (χ1n) is 5.73. The molecule has 0 aliphatic carbocycles. The van der Waals surface area contributed by atoms with Crippen LogP contribution in [0.3, 0.4) is 0 Å². The van der Waals surface area contributed by atoms with E-state index in [1.807, 2.05) is 6.07 Å². The lowest BCUT2D eigenvalue weighted by molar-refractivity contribution is 0.159. The molecule has 0 fully saturated rings. The second kappa shape index (κ2) is 7.77. The maximum atomic E-state index is 13.6. The van der Waals surface area contributed by atoms with Crippen molar-refractivity contribution in [1.82, 2.24) is 5.32 Å². The summed E-state index contributed by atoms with van der Waals surface area (Å²) in [6.45, 7) is 0.821. The Balaban J connectivity index is 2.54. The number of methoxy groups -OCH3 is 1. The van der Waals surface area contributed by atoms with Crippen molar-refractivity contribution in [2.45, 2.75) is 19.0 Å². The molecule has 0 radical (unpaired) electrons. The molecule has 0 aromatic heterocycles. The molecule has 1 aromatic carbocycles. The molecule has 18 heavy (non-hydrogen) atoms. The SMILES string of the molecule is COCCC(CO)NCc1ccc(C#N)cc1F. The third kappa shape index (κ3) is 4.41. The van der Waals surface area contributed by atoms with Gasteiger partial charge in [0.2, 0.25) is 0 Å². The van der Waals surface area contributed by atoms with Gasteiger partial charge < -0.3 is 15.2 Å². The number of rotatable bonds is 7. The van der Waals surface area contributed by atoms with E-state index in [1.54, 1.807) is 19.2 Å². The Hall–Kier alpha value is -1.48. The maximum absolute atomic E-state index is 13.6. The quantitative estimate of drug-likeness (QED) is 0.765. The normalized spacial score (nSPS) is 12.1. The number of benzene rings is 1. The minimum Gasteiger partial charge on any atom is -0.395 e. The van der Waals surface area contributed by atoms with Crippen molar-refractivity contribution in [2.24, 2.45) is 0 Å². The highest BCUT2D eigenvalue weighted by Gasteiger charge is 2.09. The molecule has 5 heteroatoms. The van der Waals surface area contributed by atoms with Crippen LogP contribution in [0, 0.1) is 17.1 Å². The summed E-state index contributed by atoms with van der Waals surface area (Å²) in [6, 6.07) is 6.11. The smallest absolute Gasteiger partial charge is 0.129 e. The molecule has 2 N–H and O–H groups in total. The maximum Gasteiger partial charge on any atom is 0.129 e. The predicted octanol–water partition coefficient (Wildman–Crippen LogP) is 1.18. The van der Waals surface area contributed by atoms with E-state index < -0.39 is 5.82 Å². The first-order valence-corrected chi connectivity index (χ1v) is 5.73. The second-order valence-corrected chi connectivity index (χ2v) is 3.96.